The van der Waals surface area contributed by atoms with Crippen LogP contribution >= 0.6 is 0 Å². The SMILES string of the molecule is COc1ccnc(-c2ccccc2N(C)C)c1. The Labute approximate surface area is 102 Å². The summed E-state index contributed by atoms with van der Waals surface area (Å²) in [5.41, 5.74) is 3.18. The molecule has 0 aliphatic rings. The predicted molar refractivity (Wildman–Crippen MR) is 70.6 cm³/mol. The minimum Gasteiger partial charge on any atom is -0.497 e. The summed E-state index contributed by atoms with van der Waals surface area (Å²) in [6, 6.07) is 12.0. The zero-order chi connectivity index (χ0) is 12.3. The Morgan fingerprint density at radius 3 is 2.59 bits per heavy atom. The Morgan fingerprint density at radius 1 is 1.12 bits per heavy atom. The molecule has 2 rings (SSSR count). The van der Waals surface area contributed by atoms with Gasteiger partial charge in [-0.25, -0.2) is 0 Å². The van der Waals surface area contributed by atoms with Crippen LogP contribution in [0.25, 0.3) is 11.3 Å². The summed E-state index contributed by atoms with van der Waals surface area (Å²) in [4.78, 5) is 6.47. The fourth-order valence-corrected chi connectivity index (χ4v) is 1.77. The third kappa shape index (κ3) is 2.38. The fraction of sp³-hybridized carbons (Fsp3) is 0.214. The van der Waals surface area contributed by atoms with Gasteiger partial charge < -0.3 is 9.64 Å². The molecule has 0 aliphatic carbocycles. The van der Waals surface area contributed by atoms with Crippen molar-refractivity contribution in [2.75, 3.05) is 26.1 Å². The van der Waals surface area contributed by atoms with Gasteiger partial charge in [-0.05, 0) is 12.1 Å². The summed E-state index contributed by atoms with van der Waals surface area (Å²) in [5.74, 6) is 0.823. The van der Waals surface area contributed by atoms with E-state index in [2.05, 4.69) is 22.0 Å². The highest BCUT2D eigenvalue weighted by Gasteiger charge is 2.07. The predicted octanol–water partition coefficient (Wildman–Crippen LogP) is 2.82. The molecule has 3 heteroatoms. The fourth-order valence-electron chi connectivity index (χ4n) is 1.77. The van der Waals surface area contributed by atoms with Crippen molar-refractivity contribution in [3.63, 3.8) is 0 Å². The van der Waals surface area contributed by atoms with Gasteiger partial charge in [0.2, 0.25) is 0 Å². The van der Waals surface area contributed by atoms with Crippen LogP contribution in [0.4, 0.5) is 5.69 Å². The van der Waals surface area contributed by atoms with E-state index in [-0.39, 0.29) is 0 Å². The van der Waals surface area contributed by atoms with Crippen molar-refractivity contribution in [3.05, 3.63) is 42.6 Å². The molecule has 3 nitrogen and oxygen atoms in total. The van der Waals surface area contributed by atoms with E-state index in [9.17, 15) is 0 Å². The molecule has 0 atom stereocenters. The van der Waals surface area contributed by atoms with E-state index < -0.39 is 0 Å². The average Bonchev–Trinajstić information content (AvgIpc) is 2.39. The first-order chi connectivity index (χ1) is 8.22. The maximum atomic E-state index is 5.22. The van der Waals surface area contributed by atoms with E-state index in [4.69, 9.17) is 4.74 Å². The van der Waals surface area contributed by atoms with E-state index >= 15 is 0 Å². The van der Waals surface area contributed by atoms with Crippen LogP contribution in [0, 0.1) is 0 Å². The Morgan fingerprint density at radius 2 is 1.88 bits per heavy atom. The van der Waals surface area contributed by atoms with Crippen molar-refractivity contribution in [1.29, 1.82) is 0 Å². The van der Waals surface area contributed by atoms with E-state index in [0.717, 1.165) is 22.7 Å². The Kier molecular flexibility index (Phi) is 3.28. The number of rotatable bonds is 3. The molecule has 0 unspecified atom stereocenters. The van der Waals surface area contributed by atoms with Crippen molar-refractivity contribution in [2.24, 2.45) is 0 Å². The number of nitrogens with zero attached hydrogens (tertiary/aromatic N) is 2. The van der Waals surface area contributed by atoms with Gasteiger partial charge in [0.1, 0.15) is 5.75 Å². The first kappa shape index (κ1) is 11.5. The van der Waals surface area contributed by atoms with E-state index in [1.54, 1.807) is 13.3 Å². The number of aromatic nitrogens is 1. The third-order valence-corrected chi connectivity index (χ3v) is 2.63. The quantitative estimate of drug-likeness (QED) is 0.807. The zero-order valence-corrected chi connectivity index (χ0v) is 10.3. The second-order valence-electron chi connectivity index (χ2n) is 3.99. The van der Waals surface area contributed by atoms with Crippen LogP contribution in [0.15, 0.2) is 42.6 Å². The monoisotopic (exact) mass is 228 g/mol. The maximum absolute atomic E-state index is 5.22. The lowest BCUT2D eigenvalue weighted by atomic mass is 10.1. The van der Waals surface area contributed by atoms with Crippen LogP contribution in [0.2, 0.25) is 0 Å². The number of ether oxygens (including phenoxy) is 1. The number of benzene rings is 1. The number of methoxy groups -OCH3 is 1. The van der Waals surface area contributed by atoms with Crippen LogP contribution in [-0.2, 0) is 0 Å². The molecule has 0 saturated heterocycles. The van der Waals surface area contributed by atoms with E-state index in [0.29, 0.717) is 0 Å². The van der Waals surface area contributed by atoms with Gasteiger partial charge >= 0.3 is 0 Å². The first-order valence-electron chi connectivity index (χ1n) is 5.49. The van der Waals surface area contributed by atoms with Crippen LogP contribution < -0.4 is 9.64 Å². The lowest BCUT2D eigenvalue weighted by Gasteiger charge is -2.17. The van der Waals surface area contributed by atoms with Crippen molar-refractivity contribution in [1.82, 2.24) is 4.98 Å². The number of pyridine rings is 1. The van der Waals surface area contributed by atoms with Crippen molar-refractivity contribution in [2.45, 2.75) is 0 Å². The van der Waals surface area contributed by atoms with Gasteiger partial charge in [-0.15, -0.1) is 0 Å². The van der Waals surface area contributed by atoms with E-state index in [1.165, 1.54) is 0 Å². The highest BCUT2D eigenvalue weighted by Crippen LogP contribution is 2.29. The molecule has 2 aromatic rings. The molecular formula is C14H16N2O. The Hall–Kier alpha value is -2.03. The largest absolute Gasteiger partial charge is 0.497 e. The van der Waals surface area contributed by atoms with Gasteiger partial charge in [-0.3, -0.25) is 4.98 Å². The number of para-hydroxylation sites is 1. The summed E-state index contributed by atoms with van der Waals surface area (Å²) in [5, 5.41) is 0. The molecule has 0 fully saturated rings. The van der Waals surface area contributed by atoms with Crippen molar-refractivity contribution >= 4 is 5.69 Å². The summed E-state index contributed by atoms with van der Waals surface area (Å²) >= 11 is 0. The zero-order valence-electron chi connectivity index (χ0n) is 10.3. The Balaban J connectivity index is 2.52. The molecule has 0 radical (unpaired) electrons. The summed E-state index contributed by atoms with van der Waals surface area (Å²) < 4.78 is 5.22. The number of anilines is 1. The van der Waals surface area contributed by atoms with Crippen LogP contribution in [0.1, 0.15) is 0 Å². The molecule has 0 N–H and O–H groups in total. The third-order valence-electron chi connectivity index (χ3n) is 2.63. The van der Waals surface area contributed by atoms with Crippen LogP contribution in [-0.4, -0.2) is 26.2 Å². The molecule has 1 aromatic carbocycles. The van der Waals surface area contributed by atoms with Gasteiger partial charge in [0.05, 0.1) is 12.8 Å². The van der Waals surface area contributed by atoms with Gasteiger partial charge in [0, 0.05) is 37.6 Å². The second kappa shape index (κ2) is 4.87. The topological polar surface area (TPSA) is 25.4 Å². The lowest BCUT2D eigenvalue weighted by molar-refractivity contribution is 0.414. The molecule has 0 amide bonds. The standard InChI is InChI=1S/C14H16N2O/c1-16(2)14-7-5-4-6-12(14)13-10-11(17-3)8-9-15-13/h4-10H,1-3H3. The summed E-state index contributed by atoms with van der Waals surface area (Å²) in [7, 11) is 5.72. The molecule has 0 spiro atoms. The average molecular weight is 228 g/mol. The maximum Gasteiger partial charge on any atom is 0.122 e. The van der Waals surface area contributed by atoms with Gasteiger partial charge in [0.25, 0.3) is 0 Å². The summed E-state index contributed by atoms with van der Waals surface area (Å²) in [6.45, 7) is 0. The van der Waals surface area contributed by atoms with Crippen LogP contribution in [0.3, 0.4) is 0 Å². The summed E-state index contributed by atoms with van der Waals surface area (Å²) in [6.07, 6.45) is 1.76. The normalized spacial score (nSPS) is 10.1. The molecule has 0 aliphatic heterocycles. The molecule has 0 bridgehead atoms. The number of hydrogen-bond acceptors (Lipinski definition) is 3. The molecule has 17 heavy (non-hydrogen) atoms. The minimum atomic E-state index is 0.823. The molecule has 1 aromatic heterocycles. The molecule has 1 heterocycles. The second-order valence-corrected chi connectivity index (χ2v) is 3.99. The Bertz CT molecular complexity index is 509. The number of hydrogen-bond donors (Lipinski definition) is 0. The van der Waals surface area contributed by atoms with Gasteiger partial charge in [-0.2, -0.15) is 0 Å². The molecular weight excluding hydrogens is 212 g/mol. The van der Waals surface area contributed by atoms with Gasteiger partial charge in [-0.1, -0.05) is 18.2 Å². The van der Waals surface area contributed by atoms with Gasteiger partial charge in [0.15, 0.2) is 0 Å². The first-order valence-corrected chi connectivity index (χ1v) is 5.49. The van der Waals surface area contributed by atoms with Crippen molar-refractivity contribution in [3.8, 4) is 17.0 Å². The van der Waals surface area contributed by atoms with Crippen molar-refractivity contribution < 1.29 is 4.74 Å². The molecule has 88 valence electrons. The highest BCUT2D eigenvalue weighted by molar-refractivity contribution is 5.76. The molecule has 0 saturated carbocycles. The van der Waals surface area contributed by atoms with E-state index in [1.807, 2.05) is 38.4 Å². The smallest absolute Gasteiger partial charge is 0.122 e. The van der Waals surface area contributed by atoms with Crippen LogP contribution in [0.5, 0.6) is 5.75 Å². The lowest BCUT2D eigenvalue weighted by Crippen LogP contribution is -2.10. The highest BCUT2D eigenvalue weighted by atomic mass is 16.5. The minimum absolute atomic E-state index is 0.823.